The van der Waals surface area contributed by atoms with E-state index in [1.807, 2.05) is 0 Å². The summed E-state index contributed by atoms with van der Waals surface area (Å²) >= 11 is 0. The summed E-state index contributed by atoms with van der Waals surface area (Å²) in [6.45, 7) is 0. The van der Waals surface area contributed by atoms with E-state index < -0.39 is 11.9 Å². The average Bonchev–Trinajstić information content (AvgIpc) is 2.38. The van der Waals surface area contributed by atoms with Gasteiger partial charge in [0.15, 0.2) is 0 Å². The molecule has 5 nitrogen and oxygen atoms in total. The number of nitriles is 1. The van der Waals surface area contributed by atoms with Crippen molar-refractivity contribution in [2.24, 2.45) is 5.73 Å². The Labute approximate surface area is 104 Å². The molecule has 0 saturated carbocycles. The van der Waals surface area contributed by atoms with E-state index in [1.165, 1.54) is 7.11 Å². The van der Waals surface area contributed by atoms with Gasteiger partial charge < -0.3 is 10.5 Å². The zero-order valence-electron chi connectivity index (χ0n) is 9.84. The van der Waals surface area contributed by atoms with Gasteiger partial charge in [0.05, 0.1) is 13.5 Å². The molecule has 5 heteroatoms. The first-order chi connectivity index (χ1) is 8.60. The molecule has 0 saturated heterocycles. The molecule has 1 amide bonds. The predicted molar refractivity (Wildman–Crippen MR) is 64.8 cm³/mol. The molecule has 0 aromatic heterocycles. The Kier molecular flexibility index (Phi) is 4.64. The van der Waals surface area contributed by atoms with Gasteiger partial charge in [0.25, 0.3) is 5.91 Å². The zero-order valence-corrected chi connectivity index (χ0v) is 9.84. The molecule has 1 aromatic rings. The van der Waals surface area contributed by atoms with Gasteiger partial charge in [0, 0.05) is 0 Å². The normalized spacial score (nSPS) is 11.1. The van der Waals surface area contributed by atoms with Crippen LogP contribution in [0.1, 0.15) is 12.0 Å². The highest BCUT2D eigenvalue weighted by atomic mass is 16.5. The fraction of sp³-hybridized carbons (Fsp3) is 0.154. The summed E-state index contributed by atoms with van der Waals surface area (Å²) in [6, 6.07) is 10.4. The third-order valence-electron chi connectivity index (χ3n) is 2.33. The van der Waals surface area contributed by atoms with Gasteiger partial charge in [-0.1, -0.05) is 30.3 Å². The van der Waals surface area contributed by atoms with Crippen LogP contribution < -0.4 is 5.73 Å². The third kappa shape index (κ3) is 3.19. The van der Waals surface area contributed by atoms with Crippen LogP contribution in [0, 0.1) is 11.3 Å². The summed E-state index contributed by atoms with van der Waals surface area (Å²) in [5, 5.41) is 8.95. The molecule has 0 atom stereocenters. The molecule has 92 valence electrons. The van der Waals surface area contributed by atoms with Crippen molar-refractivity contribution in [1.29, 1.82) is 5.26 Å². The van der Waals surface area contributed by atoms with Crippen LogP contribution >= 0.6 is 0 Å². The van der Waals surface area contributed by atoms with Crippen LogP contribution in [-0.4, -0.2) is 19.0 Å². The van der Waals surface area contributed by atoms with Gasteiger partial charge in [-0.3, -0.25) is 9.59 Å². The fourth-order valence-corrected chi connectivity index (χ4v) is 1.46. The van der Waals surface area contributed by atoms with Crippen LogP contribution in [0.25, 0.3) is 5.57 Å². The van der Waals surface area contributed by atoms with Gasteiger partial charge in [0.1, 0.15) is 11.6 Å². The minimum atomic E-state index is -0.861. The highest BCUT2D eigenvalue weighted by Crippen LogP contribution is 2.22. The number of nitrogens with zero attached hydrogens (tertiary/aromatic N) is 1. The number of hydrogen-bond acceptors (Lipinski definition) is 4. The number of carbonyl (C=O) groups excluding carboxylic acids is 2. The molecular formula is C13H12N2O3. The molecule has 0 bridgehead atoms. The second kappa shape index (κ2) is 6.21. The monoisotopic (exact) mass is 244 g/mol. The van der Waals surface area contributed by atoms with Crippen molar-refractivity contribution in [3.05, 3.63) is 41.5 Å². The molecule has 0 fully saturated rings. The van der Waals surface area contributed by atoms with E-state index in [2.05, 4.69) is 4.74 Å². The van der Waals surface area contributed by atoms with Crippen LogP contribution in [-0.2, 0) is 14.3 Å². The number of amides is 1. The van der Waals surface area contributed by atoms with Crippen molar-refractivity contribution >= 4 is 17.4 Å². The van der Waals surface area contributed by atoms with Crippen molar-refractivity contribution in [3.63, 3.8) is 0 Å². The van der Waals surface area contributed by atoms with Gasteiger partial charge in [-0.2, -0.15) is 5.26 Å². The third-order valence-corrected chi connectivity index (χ3v) is 2.33. The van der Waals surface area contributed by atoms with Gasteiger partial charge in [0.2, 0.25) is 0 Å². The van der Waals surface area contributed by atoms with Gasteiger partial charge >= 0.3 is 5.97 Å². The number of ether oxygens (including phenoxy) is 1. The Morgan fingerprint density at radius 2 is 1.94 bits per heavy atom. The lowest BCUT2D eigenvalue weighted by molar-refractivity contribution is -0.139. The molecule has 0 radical (unpaired) electrons. The van der Waals surface area contributed by atoms with Crippen LogP contribution in [0.5, 0.6) is 0 Å². The van der Waals surface area contributed by atoms with E-state index in [0.717, 1.165) is 0 Å². The largest absolute Gasteiger partial charge is 0.469 e. The lowest BCUT2D eigenvalue weighted by Crippen LogP contribution is -2.16. The maximum Gasteiger partial charge on any atom is 0.310 e. The SMILES string of the molecule is COC(=O)C/C(=C(/C#N)C(N)=O)c1ccccc1. The molecule has 0 heterocycles. The zero-order chi connectivity index (χ0) is 13.5. The number of primary amides is 1. The summed E-state index contributed by atoms with van der Waals surface area (Å²) in [4.78, 5) is 22.5. The lowest BCUT2D eigenvalue weighted by atomic mass is 9.97. The summed E-state index contributed by atoms with van der Waals surface area (Å²) in [7, 11) is 1.24. The number of methoxy groups -OCH3 is 1. The molecule has 0 aliphatic carbocycles. The first-order valence-electron chi connectivity index (χ1n) is 5.15. The first kappa shape index (κ1) is 13.5. The van der Waals surface area contributed by atoms with E-state index in [9.17, 15) is 9.59 Å². The van der Waals surface area contributed by atoms with Crippen molar-refractivity contribution in [3.8, 4) is 6.07 Å². The number of benzene rings is 1. The average molecular weight is 244 g/mol. The van der Waals surface area contributed by atoms with E-state index in [4.69, 9.17) is 11.0 Å². The molecule has 1 rings (SSSR count). The lowest BCUT2D eigenvalue weighted by Gasteiger charge is -2.08. The van der Waals surface area contributed by atoms with Crippen molar-refractivity contribution in [2.75, 3.05) is 7.11 Å². The number of nitrogens with two attached hydrogens (primary N) is 1. The van der Waals surface area contributed by atoms with E-state index in [-0.39, 0.29) is 17.6 Å². The molecule has 1 aromatic carbocycles. The molecule has 0 aliphatic rings. The van der Waals surface area contributed by atoms with E-state index in [1.54, 1.807) is 36.4 Å². The molecule has 0 aliphatic heterocycles. The second-order valence-electron chi connectivity index (χ2n) is 3.45. The van der Waals surface area contributed by atoms with Crippen LogP contribution in [0.2, 0.25) is 0 Å². The molecule has 2 N–H and O–H groups in total. The summed E-state index contributed by atoms with van der Waals surface area (Å²) in [5.41, 5.74) is 5.77. The van der Waals surface area contributed by atoms with Crippen molar-refractivity contribution in [2.45, 2.75) is 6.42 Å². The number of carbonyl (C=O) groups is 2. The van der Waals surface area contributed by atoms with Crippen LogP contribution in [0.15, 0.2) is 35.9 Å². The minimum absolute atomic E-state index is 0.174. The fourth-order valence-electron chi connectivity index (χ4n) is 1.46. The first-order valence-corrected chi connectivity index (χ1v) is 5.15. The Bertz CT molecular complexity index is 527. The Morgan fingerprint density at radius 1 is 1.33 bits per heavy atom. The van der Waals surface area contributed by atoms with Gasteiger partial charge in [-0.05, 0) is 11.1 Å². The van der Waals surface area contributed by atoms with Crippen molar-refractivity contribution in [1.82, 2.24) is 0 Å². The topological polar surface area (TPSA) is 93.2 Å². The standard InChI is InChI=1S/C13H12N2O3/c1-18-12(16)7-10(11(8-14)13(15)17)9-5-3-2-4-6-9/h2-6H,7H2,1H3,(H2,15,17)/b11-10+. The molecule has 18 heavy (non-hydrogen) atoms. The minimum Gasteiger partial charge on any atom is -0.469 e. The molecule has 0 unspecified atom stereocenters. The van der Waals surface area contributed by atoms with Gasteiger partial charge in [-0.15, -0.1) is 0 Å². The van der Waals surface area contributed by atoms with Crippen molar-refractivity contribution < 1.29 is 14.3 Å². The molecule has 0 spiro atoms. The molecular weight excluding hydrogens is 232 g/mol. The second-order valence-corrected chi connectivity index (χ2v) is 3.45. The maximum absolute atomic E-state index is 11.3. The predicted octanol–water partition coefficient (Wildman–Crippen LogP) is 1.01. The number of esters is 1. The quantitative estimate of drug-likeness (QED) is 0.486. The number of rotatable bonds is 4. The van der Waals surface area contributed by atoms with Gasteiger partial charge in [-0.25, -0.2) is 0 Å². The number of hydrogen-bond donors (Lipinski definition) is 1. The summed E-state index contributed by atoms with van der Waals surface area (Å²) in [6.07, 6.45) is -0.174. The highest BCUT2D eigenvalue weighted by molar-refractivity contribution is 6.06. The van der Waals surface area contributed by atoms with E-state index >= 15 is 0 Å². The van der Waals surface area contributed by atoms with Crippen LogP contribution in [0.3, 0.4) is 0 Å². The Morgan fingerprint density at radius 3 is 2.39 bits per heavy atom. The summed E-state index contributed by atoms with van der Waals surface area (Å²) < 4.78 is 4.54. The maximum atomic E-state index is 11.3. The van der Waals surface area contributed by atoms with E-state index in [0.29, 0.717) is 5.56 Å². The van der Waals surface area contributed by atoms with Crippen LogP contribution in [0.4, 0.5) is 0 Å². The Balaban J connectivity index is 3.32. The smallest absolute Gasteiger partial charge is 0.310 e. The highest BCUT2D eigenvalue weighted by Gasteiger charge is 2.17. The summed E-state index contributed by atoms with van der Waals surface area (Å²) in [5.74, 6) is -1.40. The Hall–Kier alpha value is -2.61.